The molecule has 2 aliphatic rings. The van der Waals surface area contributed by atoms with Crippen LogP contribution in [0.25, 0.3) is 33.0 Å². The summed E-state index contributed by atoms with van der Waals surface area (Å²) in [4.78, 5) is 31.7. The summed E-state index contributed by atoms with van der Waals surface area (Å²) >= 11 is 0. The van der Waals surface area contributed by atoms with Gasteiger partial charge in [0.05, 0.1) is 37.6 Å². The Balaban J connectivity index is 1.47. The van der Waals surface area contributed by atoms with Crippen molar-refractivity contribution in [3.8, 4) is 5.75 Å². The number of aliphatic hydroxyl groups excluding tert-OH is 1. The molecule has 190 valence electrons. The van der Waals surface area contributed by atoms with Crippen molar-refractivity contribution in [2.45, 2.75) is 12.6 Å². The zero-order chi connectivity index (χ0) is 25.5. The van der Waals surface area contributed by atoms with Gasteiger partial charge in [-0.1, -0.05) is 18.2 Å². The van der Waals surface area contributed by atoms with E-state index in [0.717, 1.165) is 34.9 Å². The fourth-order valence-corrected chi connectivity index (χ4v) is 5.37. The number of morpholine rings is 1. The number of imide groups is 1. The highest BCUT2D eigenvalue weighted by atomic mass is 16.5. The second-order valence-electron chi connectivity index (χ2n) is 9.43. The van der Waals surface area contributed by atoms with E-state index in [1.807, 2.05) is 53.2 Å². The molecule has 0 radical (unpaired) electrons. The van der Waals surface area contributed by atoms with Crippen molar-refractivity contribution in [3.63, 3.8) is 0 Å². The van der Waals surface area contributed by atoms with Crippen LogP contribution in [0.1, 0.15) is 11.1 Å². The minimum atomic E-state index is -0.621. The largest absolute Gasteiger partial charge is 0.497 e. The Kier molecular flexibility index (Phi) is 6.03. The second kappa shape index (κ2) is 9.51. The summed E-state index contributed by atoms with van der Waals surface area (Å²) in [5, 5.41) is 15.1. The first-order chi connectivity index (χ1) is 18.0. The fourth-order valence-electron chi connectivity index (χ4n) is 5.37. The molecule has 0 bridgehead atoms. The van der Waals surface area contributed by atoms with Crippen LogP contribution in [0.3, 0.4) is 0 Å². The highest BCUT2D eigenvalue weighted by Gasteiger charge is 2.35. The number of carbonyl (C=O) groups is 2. The predicted octanol–water partition coefficient (Wildman–Crippen LogP) is 2.39. The maximum Gasteiger partial charge on any atom is 0.259 e. The van der Waals surface area contributed by atoms with Gasteiger partial charge in [0, 0.05) is 71.5 Å². The number of nitrogens with one attached hydrogen (secondary N) is 2. The van der Waals surface area contributed by atoms with Crippen molar-refractivity contribution >= 4 is 44.8 Å². The third-order valence-corrected chi connectivity index (χ3v) is 7.13. The monoisotopic (exact) mass is 500 g/mol. The van der Waals surface area contributed by atoms with Crippen LogP contribution in [0.2, 0.25) is 0 Å². The zero-order valence-electron chi connectivity index (χ0n) is 20.5. The van der Waals surface area contributed by atoms with Gasteiger partial charge in [-0.05, 0) is 24.3 Å². The number of ether oxygens (including phenoxy) is 2. The number of benzene rings is 2. The van der Waals surface area contributed by atoms with Crippen molar-refractivity contribution < 1.29 is 24.2 Å². The first-order valence-corrected chi connectivity index (χ1v) is 12.4. The summed E-state index contributed by atoms with van der Waals surface area (Å²) in [6.45, 7) is 3.76. The molecule has 4 heterocycles. The van der Waals surface area contributed by atoms with Crippen LogP contribution in [0.4, 0.5) is 0 Å². The maximum absolute atomic E-state index is 13.2. The van der Waals surface area contributed by atoms with E-state index in [4.69, 9.17) is 9.47 Å². The van der Waals surface area contributed by atoms with Crippen LogP contribution in [0, 0.1) is 0 Å². The summed E-state index contributed by atoms with van der Waals surface area (Å²) in [6.07, 6.45) is 3.00. The number of β-amino-alcohol motifs (C(OH)–C–C–N with tert-alkyl or cyclic N) is 1. The van der Waals surface area contributed by atoms with Gasteiger partial charge in [0.2, 0.25) is 0 Å². The van der Waals surface area contributed by atoms with Gasteiger partial charge < -0.3 is 24.1 Å². The van der Waals surface area contributed by atoms with E-state index in [2.05, 4.69) is 15.2 Å². The third kappa shape index (κ3) is 4.21. The molecular formula is C28H28N4O5. The number of nitrogens with zero attached hydrogens (tertiary/aromatic N) is 2. The lowest BCUT2D eigenvalue weighted by Crippen LogP contribution is -2.41. The van der Waals surface area contributed by atoms with E-state index >= 15 is 0 Å². The van der Waals surface area contributed by atoms with Crippen molar-refractivity contribution in [2.75, 3.05) is 40.0 Å². The Bertz CT molecular complexity index is 1540. The minimum absolute atomic E-state index is 0.314. The molecule has 0 aliphatic carbocycles. The highest BCUT2D eigenvalue weighted by Crippen LogP contribution is 2.39. The fraction of sp³-hybridized carbons (Fsp3) is 0.286. The molecule has 1 atom stereocenters. The number of hydrogen-bond donors (Lipinski definition) is 3. The molecule has 1 fully saturated rings. The molecule has 4 aromatic rings. The maximum atomic E-state index is 13.2. The number of carbonyl (C=O) groups excluding carboxylic acids is 2. The normalized spacial score (nSPS) is 17.7. The lowest BCUT2D eigenvalue weighted by molar-refractivity contribution is -0.122. The van der Waals surface area contributed by atoms with Crippen LogP contribution in [-0.2, 0) is 20.9 Å². The standard InChI is InChI=1S/C28H28N4O5/c1-36-18-6-7-24-20(12-18)22(16-32(24)15-17(33)14-31-8-10-37-11-9-31)26-25(27(34)30-28(26)35)21-13-29-23-5-3-2-4-19(21)23/h2-7,12-13,16-17,29,33H,8-11,14-15H2,1H3,(H,30,34,35). The van der Waals surface area contributed by atoms with E-state index in [1.54, 1.807) is 13.3 Å². The first kappa shape index (κ1) is 23.5. The van der Waals surface area contributed by atoms with Gasteiger partial charge in [0.15, 0.2) is 0 Å². The summed E-state index contributed by atoms with van der Waals surface area (Å²) < 4.78 is 12.8. The quantitative estimate of drug-likeness (QED) is 0.336. The van der Waals surface area contributed by atoms with E-state index in [-0.39, 0.29) is 0 Å². The first-order valence-electron chi connectivity index (χ1n) is 12.4. The number of aromatic nitrogens is 2. The molecule has 2 aromatic carbocycles. The number of amides is 2. The molecule has 2 aromatic heterocycles. The van der Waals surface area contributed by atoms with Gasteiger partial charge in [-0.2, -0.15) is 0 Å². The Hall–Kier alpha value is -3.92. The molecule has 37 heavy (non-hydrogen) atoms. The number of rotatable bonds is 7. The topological polar surface area (TPSA) is 109 Å². The lowest BCUT2D eigenvalue weighted by Gasteiger charge is -2.28. The molecule has 9 heteroatoms. The van der Waals surface area contributed by atoms with Gasteiger partial charge in [-0.15, -0.1) is 0 Å². The molecule has 0 spiro atoms. The van der Waals surface area contributed by atoms with Crippen LogP contribution in [0.15, 0.2) is 54.9 Å². The number of aromatic amines is 1. The van der Waals surface area contributed by atoms with Crippen molar-refractivity contribution in [1.29, 1.82) is 0 Å². The molecule has 6 rings (SSSR count). The molecule has 2 amide bonds. The summed E-state index contributed by atoms with van der Waals surface area (Å²) in [5.74, 6) is -0.235. The Morgan fingerprint density at radius 2 is 1.76 bits per heavy atom. The van der Waals surface area contributed by atoms with Gasteiger partial charge in [-0.25, -0.2) is 0 Å². The Morgan fingerprint density at radius 3 is 2.54 bits per heavy atom. The zero-order valence-corrected chi connectivity index (χ0v) is 20.5. The summed E-state index contributed by atoms with van der Waals surface area (Å²) in [6, 6.07) is 13.3. The molecule has 3 N–H and O–H groups in total. The number of fused-ring (bicyclic) bond motifs is 2. The number of methoxy groups -OCH3 is 1. The predicted molar refractivity (Wildman–Crippen MR) is 140 cm³/mol. The lowest BCUT2D eigenvalue weighted by atomic mass is 9.95. The minimum Gasteiger partial charge on any atom is -0.497 e. The van der Waals surface area contributed by atoms with E-state index < -0.39 is 17.9 Å². The third-order valence-electron chi connectivity index (χ3n) is 7.13. The smallest absolute Gasteiger partial charge is 0.259 e. The second-order valence-corrected chi connectivity index (χ2v) is 9.43. The van der Waals surface area contributed by atoms with Crippen molar-refractivity contribution in [1.82, 2.24) is 19.8 Å². The van der Waals surface area contributed by atoms with E-state index in [1.165, 1.54) is 0 Å². The van der Waals surface area contributed by atoms with Crippen LogP contribution in [0.5, 0.6) is 5.75 Å². The summed E-state index contributed by atoms with van der Waals surface area (Å²) in [5.41, 5.74) is 3.66. The number of H-pyrrole nitrogens is 1. The van der Waals surface area contributed by atoms with Gasteiger partial charge in [-0.3, -0.25) is 19.8 Å². The number of aliphatic hydroxyl groups is 1. The average molecular weight is 501 g/mol. The van der Waals surface area contributed by atoms with Crippen molar-refractivity contribution in [2.24, 2.45) is 0 Å². The van der Waals surface area contributed by atoms with Crippen LogP contribution in [-0.4, -0.2) is 77.4 Å². The van der Waals surface area contributed by atoms with Gasteiger partial charge >= 0.3 is 0 Å². The molecule has 9 nitrogen and oxygen atoms in total. The molecule has 0 saturated carbocycles. The molecule has 1 unspecified atom stereocenters. The molecule has 1 saturated heterocycles. The summed E-state index contributed by atoms with van der Waals surface area (Å²) in [7, 11) is 1.59. The SMILES string of the molecule is COc1ccc2c(c1)c(C1=C(c3c[nH]c4ccccc34)C(=O)NC1=O)cn2CC(O)CN1CCOCC1. The average Bonchev–Trinajstić information content (AvgIpc) is 3.56. The number of para-hydroxylation sites is 1. The Morgan fingerprint density at radius 1 is 1.00 bits per heavy atom. The number of hydrogen-bond acceptors (Lipinski definition) is 6. The van der Waals surface area contributed by atoms with Crippen molar-refractivity contribution in [3.05, 3.63) is 66.0 Å². The molecular weight excluding hydrogens is 472 g/mol. The van der Waals surface area contributed by atoms with Gasteiger partial charge in [0.25, 0.3) is 11.8 Å². The van der Waals surface area contributed by atoms with Gasteiger partial charge in [0.1, 0.15) is 5.75 Å². The Labute approximate surface area is 213 Å². The van der Waals surface area contributed by atoms with Crippen LogP contribution >= 0.6 is 0 Å². The molecule has 2 aliphatic heterocycles. The van der Waals surface area contributed by atoms with Crippen LogP contribution < -0.4 is 10.1 Å². The highest BCUT2D eigenvalue weighted by molar-refractivity contribution is 6.50. The van der Waals surface area contributed by atoms with E-state index in [9.17, 15) is 14.7 Å². The van der Waals surface area contributed by atoms with E-state index in [0.29, 0.717) is 54.3 Å².